The zero-order valence-corrected chi connectivity index (χ0v) is 19.4. The summed E-state index contributed by atoms with van der Waals surface area (Å²) in [6, 6.07) is 16.9. The van der Waals surface area contributed by atoms with Crippen molar-refractivity contribution in [1.29, 1.82) is 5.26 Å². The van der Waals surface area contributed by atoms with Gasteiger partial charge in [-0.05, 0) is 43.2 Å². The van der Waals surface area contributed by atoms with Gasteiger partial charge in [-0.15, -0.1) is 0 Å². The zero-order valence-electron chi connectivity index (χ0n) is 18.6. The fraction of sp³-hybridized carbons (Fsp3) is 0.217. The number of carboxylic acid groups (broad SMARTS) is 1. The molecule has 1 amide bonds. The average Bonchev–Trinajstić information content (AvgIpc) is 2.82. The number of aryl methyl sites for hydroxylation is 1. The third kappa shape index (κ3) is 5.79. The van der Waals surface area contributed by atoms with Crippen LogP contribution in [0.1, 0.15) is 11.4 Å². The number of methoxy groups -OCH3 is 1. The molecule has 0 atom stereocenters. The summed E-state index contributed by atoms with van der Waals surface area (Å²) in [5, 5.41) is 21.1. The van der Waals surface area contributed by atoms with Gasteiger partial charge in [0.15, 0.2) is 0 Å². The van der Waals surface area contributed by atoms with Crippen molar-refractivity contribution in [2.24, 2.45) is 0 Å². The number of aromatic nitrogens is 2. The first kappa shape index (κ1) is 24.5. The molecule has 2 aromatic carbocycles. The number of anilines is 1. The Morgan fingerprint density at radius 1 is 1.18 bits per heavy atom. The number of nitrogens with one attached hydrogen (secondary N) is 1. The summed E-state index contributed by atoms with van der Waals surface area (Å²) in [7, 11) is -2.75. The minimum absolute atomic E-state index is 0.119. The molecule has 176 valence electrons. The smallest absolute Gasteiger partial charge is 0.422 e. The normalized spacial score (nSPS) is 10.9. The molecule has 0 saturated heterocycles. The summed E-state index contributed by atoms with van der Waals surface area (Å²) in [4.78, 5) is 20.0. The number of sulfonamides is 1. The van der Waals surface area contributed by atoms with E-state index >= 15 is 0 Å². The molecule has 0 saturated carbocycles. The van der Waals surface area contributed by atoms with Gasteiger partial charge < -0.3 is 15.2 Å². The molecular weight excluding hydrogens is 458 g/mol. The van der Waals surface area contributed by atoms with E-state index < -0.39 is 22.7 Å². The second-order valence-electron chi connectivity index (χ2n) is 7.19. The third-order valence-electron chi connectivity index (χ3n) is 4.84. The van der Waals surface area contributed by atoms with Crippen LogP contribution in [0.4, 0.5) is 10.6 Å². The summed E-state index contributed by atoms with van der Waals surface area (Å²) in [6.07, 6.45) is -1.26. The fourth-order valence-corrected chi connectivity index (χ4v) is 4.47. The molecule has 3 rings (SSSR count). The Morgan fingerprint density at radius 3 is 2.65 bits per heavy atom. The molecule has 3 aromatic rings. The van der Waals surface area contributed by atoms with E-state index in [2.05, 4.69) is 15.3 Å². The quantitative estimate of drug-likeness (QED) is 0.439. The van der Waals surface area contributed by atoms with Gasteiger partial charge in [0.05, 0.1) is 23.8 Å². The monoisotopic (exact) mass is 481 g/mol. The van der Waals surface area contributed by atoms with E-state index in [0.717, 1.165) is 11.3 Å². The topological polar surface area (TPSA) is 146 Å². The molecule has 0 aliphatic carbocycles. The van der Waals surface area contributed by atoms with Crippen LogP contribution in [0.25, 0.3) is 11.3 Å². The number of carbonyl (C=O) groups is 1. The Labute approximate surface area is 197 Å². The Morgan fingerprint density at radius 2 is 1.94 bits per heavy atom. The van der Waals surface area contributed by atoms with Gasteiger partial charge in [-0.2, -0.15) is 9.57 Å². The van der Waals surface area contributed by atoms with Crippen LogP contribution in [0, 0.1) is 18.3 Å². The summed E-state index contributed by atoms with van der Waals surface area (Å²) in [5.74, 6) is 1.91. The van der Waals surface area contributed by atoms with Crippen LogP contribution in [-0.4, -0.2) is 54.1 Å². The van der Waals surface area contributed by atoms with Crippen LogP contribution in [0.3, 0.4) is 0 Å². The standard InChI is InChI=1S/C23H23N5O5S/c1-16-26-21(18-6-4-7-19(14-18)33-2)15-22(27-16)25-11-9-17-5-3-8-20(13-17)34(31,32)28(12-10-24)23(29)30/h3-8,13-15H,9,11-12H2,1-2H3,(H,29,30)(H,25,26,27). The minimum Gasteiger partial charge on any atom is -0.497 e. The molecule has 1 aromatic heterocycles. The van der Waals surface area contributed by atoms with Crippen LogP contribution < -0.4 is 10.1 Å². The van der Waals surface area contributed by atoms with Crippen LogP contribution in [-0.2, 0) is 16.4 Å². The van der Waals surface area contributed by atoms with Crippen LogP contribution >= 0.6 is 0 Å². The first-order valence-electron chi connectivity index (χ1n) is 10.2. The fourth-order valence-electron chi connectivity index (χ4n) is 3.23. The number of ether oxygens (including phenoxy) is 1. The number of hydrogen-bond acceptors (Lipinski definition) is 8. The molecule has 10 nitrogen and oxygen atoms in total. The molecule has 0 radical (unpaired) electrons. The second-order valence-corrected chi connectivity index (χ2v) is 9.06. The molecule has 0 spiro atoms. The van der Waals surface area contributed by atoms with Crippen LogP contribution in [0.5, 0.6) is 5.75 Å². The molecule has 0 aliphatic heterocycles. The highest BCUT2D eigenvalue weighted by Gasteiger charge is 2.29. The van der Waals surface area contributed by atoms with Crippen molar-refractivity contribution >= 4 is 21.9 Å². The number of benzene rings is 2. The predicted molar refractivity (Wildman–Crippen MR) is 125 cm³/mol. The average molecular weight is 482 g/mol. The van der Waals surface area contributed by atoms with Gasteiger partial charge in [-0.1, -0.05) is 24.3 Å². The molecule has 0 bridgehead atoms. The van der Waals surface area contributed by atoms with Gasteiger partial charge in [0.2, 0.25) is 0 Å². The SMILES string of the molecule is COc1cccc(-c2cc(NCCc3cccc(S(=O)(=O)N(CC#N)C(=O)O)c3)nc(C)n2)c1. The zero-order chi connectivity index (χ0) is 24.7. The molecule has 11 heteroatoms. The lowest BCUT2D eigenvalue weighted by Gasteiger charge is -2.16. The molecule has 0 aliphatic rings. The minimum atomic E-state index is -4.35. The van der Waals surface area contributed by atoms with Gasteiger partial charge in [0.25, 0.3) is 10.0 Å². The van der Waals surface area contributed by atoms with E-state index in [9.17, 15) is 13.2 Å². The molecule has 2 N–H and O–H groups in total. The van der Waals surface area contributed by atoms with Crippen molar-refractivity contribution in [2.75, 3.05) is 25.5 Å². The van der Waals surface area contributed by atoms with E-state index in [1.54, 1.807) is 26.2 Å². The highest BCUT2D eigenvalue weighted by atomic mass is 32.2. The third-order valence-corrected chi connectivity index (χ3v) is 6.55. The number of rotatable bonds is 9. The van der Waals surface area contributed by atoms with E-state index in [1.807, 2.05) is 30.3 Å². The van der Waals surface area contributed by atoms with Crippen molar-refractivity contribution in [2.45, 2.75) is 18.2 Å². The van der Waals surface area contributed by atoms with Gasteiger partial charge in [0.1, 0.15) is 23.9 Å². The molecule has 1 heterocycles. The lowest BCUT2D eigenvalue weighted by molar-refractivity contribution is 0.175. The first-order valence-corrected chi connectivity index (χ1v) is 11.6. The highest BCUT2D eigenvalue weighted by molar-refractivity contribution is 7.89. The van der Waals surface area contributed by atoms with E-state index in [0.29, 0.717) is 35.9 Å². The number of nitriles is 1. The Bertz CT molecular complexity index is 1340. The Balaban J connectivity index is 1.73. The number of hydrogen-bond donors (Lipinski definition) is 2. The molecule has 0 fully saturated rings. The highest BCUT2D eigenvalue weighted by Crippen LogP contribution is 2.24. The summed E-state index contributed by atoms with van der Waals surface area (Å²) >= 11 is 0. The van der Waals surface area contributed by atoms with Crippen molar-refractivity contribution in [3.63, 3.8) is 0 Å². The lowest BCUT2D eigenvalue weighted by Crippen LogP contribution is -2.36. The maximum atomic E-state index is 12.6. The number of amides is 1. The van der Waals surface area contributed by atoms with Crippen molar-refractivity contribution in [1.82, 2.24) is 14.3 Å². The molecule has 0 unspecified atom stereocenters. The van der Waals surface area contributed by atoms with E-state index in [1.165, 1.54) is 18.2 Å². The summed E-state index contributed by atoms with van der Waals surface area (Å²) < 4.78 is 30.6. The largest absolute Gasteiger partial charge is 0.497 e. The maximum absolute atomic E-state index is 12.6. The van der Waals surface area contributed by atoms with E-state index in [4.69, 9.17) is 15.1 Å². The Hall–Kier alpha value is -4.17. The van der Waals surface area contributed by atoms with Crippen LogP contribution in [0.15, 0.2) is 59.5 Å². The van der Waals surface area contributed by atoms with Crippen molar-refractivity contribution in [3.8, 4) is 23.1 Å². The van der Waals surface area contributed by atoms with Crippen molar-refractivity contribution in [3.05, 3.63) is 66.0 Å². The van der Waals surface area contributed by atoms with Gasteiger partial charge >= 0.3 is 6.09 Å². The number of nitrogens with zero attached hydrogens (tertiary/aromatic N) is 4. The molecular formula is C23H23N5O5S. The lowest BCUT2D eigenvalue weighted by atomic mass is 10.1. The van der Waals surface area contributed by atoms with Gasteiger partial charge in [-0.3, -0.25) is 0 Å². The van der Waals surface area contributed by atoms with Crippen molar-refractivity contribution < 1.29 is 23.1 Å². The Kier molecular flexibility index (Phi) is 7.65. The summed E-state index contributed by atoms with van der Waals surface area (Å²) in [5.41, 5.74) is 2.29. The first-order chi connectivity index (χ1) is 16.2. The predicted octanol–water partition coefficient (Wildman–Crippen LogP) is 3.31. The van der Waals surface area contributed by atoms with Gasteiger partial charge in [0, 0.05) is 18.2 Å². The van der Waals surface area contributed by atoms with Crippen LogP contribution in [0.2, 0.25) is 0 Å². The molecule has 34 heavy (non-hydrogen) atoms. The van der Waals surface area contributed by atoms with E-state index in [-0.39, 0.29) is 9.20 Å². The summed E-state index contributed by atoms with van der Waals surface area (Å²) in [6.45, 7) is 1.45. The van der Waals surface area contributed by atoms with Gasteiger partial charge in [-0.25, -0.2) is 23.2 Å². The second kappa shape index (κ2) is 10.6. The maximum Gasteiger partial charge on any atom is 0.422 e.